The summed E-state index contributed by atoms with van der Waals surface area (Å²) in [6, 6.07) is 0.377. The first kappa shape index (κ1) is 17.7. The Balaban J connectivity index is 2.04. The molecule has 1 aromatic heterocycles. The van der Waals surface area contributed by atoms with E-state index in [1.807, 2.05) is 0 Å². The van der Waals surface area contributed by atoms with Gasteiger partial charge in [0.25, 0.3) is 0 Å². The van der Waals surface area contributed by atoms with Gasteiger partial charge in [-0.2, -0.15) is 13.2 Å². The van der Waals surface area contributed by atoms with E-state index in [1.54, 1.807) is 0 Å². The van der Waals surface area contributed by atoms with Gasteiger partial charge in [0, 0.05) is 5.56 Å². The fourth-order valence-corrected chi connectivity index (χ4v) is 3.04. The van der Waals surface area contributed by atoms with E-state index in [4.69, 9.17) is 11.6 Å². The summed E-state index contributed by atoms with van der Waals surface area (Å²) >= 11 is 5.49. The molecular weight excluding hydrogens is 377 g/mol. The van der Waals surface area contributed by atoms with Crippen LogP contribution in [0.5, 0.6) is 0 Å². The molecule has 1 heterocycles. The first-order valence-electron chi connectivity index (χ1n) is 7.03. The van der Waals surface area contributed by atoms with Crippen LogP contribution in [0.2, 0.25) is 5.02 Å². The van der Waals surface area contributed by atoms with E-state index in [0.717, 1.165) is 12.1 Å². The van der Waals surface area contributed by atoms with Crippen molar-refractivity contribution in [3.8, 4) is 0 Å². The van der Waals surface area contributed by atoms with E-state index in [-0.39, 0.29) is 5.56 Å². The third-order valence-corrected chi connectivity index (χ3v) is 4.55. The van der Waals surface area contributed by atoms with Crippen LogP contribution in [0.1, 0.15) is 24.4 Å². The van der Waals surface area contributed by atoms with Gasteiger partial charge < -0.3 is 0 Å². The van der Waals surface area contributed by atoms with Crippen LogP contribution < -0.4 is 11.3 Å². The molecule has 25 heavy (non-hydrogen) atoms. The normalized spacial score (nSPS) is 21.8. The fraction of sp³-hybridized carbons (Fsp3) is 0.429. The van der Waals surface area contributed by atoms with E-state index in [1.165, 1.54) is 0 Å². The summed E-state index contributed by atoms with van der Waals surface area (Å²) in [6.07, 6.45) is -5.25. The van der Waals surface area contributed by atoms with Crippen molar-refractivity contribution in [1.82, 2.24) is 4.91 Å². The van der Waals surface area contributed by atoms with Gasteiger partial charge in [-0.05, 0) is 24.8 Å². The molecule has 11 heteroatoms. The summed E-state index contributed by atoms with van der Waals surface area (Å²) in [6.45, 7) is 0. The largest absolute Gasteiger partial charge is 0.446 e. The van der Waals surface area contributed by atoms with E-state index in [9.17, 15) is 31.5 Å². The Bertz CT molecular complexity index is 882. The summed E-state index contributed by atoms with van der Waals surface area (Å²) < 4.78 is 74.8. The number of rotatable bonds is 3. The highest BCUT2D eigenvalue weighted by atomic mass is 35.5. The lowest BCUT2D eigenvalue weighted by atomic mass is 9.69. The molecular formula is C14H9ClF5NO4. The van der Waals surface area contributed by atoms with Gasteiger partial charge in [-0.1, -0.05) is 22.6 Å². The van der Waals surface area contributed by atoms with E-state index < -0.39 is 64.8 Å². The number of alkyl halides is 3. The summed E-state index contributed by atoms with van der Waals surface area (Å²) in [5.41, 5.74) is -3.14. The van der Waals surface area contributed by atoms with Gasteiger partial charge >= 0.3 is 17.4 Å². The molecule has 2 aromatic rings. The maximum atomic E-state index is 14.3. The molecule has 0 amide bonds. The minimum atomic E-state index is -4.43. The summed E-state index contributed by atoms with van der Waals surface area (Å²) in [5.74, 6) is -4.78. The first-order valence-corrected chi connectivity index (χ1v) is 7.41. The topological polar surface area (TPSA) is 65.3 Å². The molecule has 1 aromatic carbocycles. The Morgan fingerprint density at radius 2 is 1.68 bits per heavy atom. The first-order chi connectivity index (χ1) is 11.6. The van der Waals surface area contributed by atoms with Gasteiger partial charge in [-0.3, -0.25) is 9.05 Å². The zero-order chi connectivity index (χ0) is 18.5. The monoisotopic (exact) mass is 385 g/mol. The molecule has 3 rings (SSSR count). The molecule has 0 bridgehead atoms. The average Bonchev–Trinajstić information content (AvgIpc) is 2.79. The molecule has 1 fully saturated rings. The van der Waals surface area contributed by atoms with Crippen molar-refractivity contribution in [2.24, 2.45) is 11.8 Å². The third-order valence-electron chi connectivity index (χ3n) is 4.21. The lowest BCUT2D eigenvalue weighted by Gasteiger charge is -2.40. The second-order valence-corrected chi connectivity index (χ2v) is 6.10. The summed E-state index contributed by atoms with van der Waals surface area (Å²) in [4.78, 5) is 22.7. The summed E-state index contributed by atoms with van der Waals surface area (Å²) in [5, 5.41) is -0.869. The van der Waals surface area contributed by atoms with Crippen molar-refractivity contribution in [2.45, 2.75) is 25.1 Å². The zero-order valence-corrected chi connectivity index (χ0v) is 12.9. The molecule has 1 atom stereocenters. The zero-order valence-electron chi connectivity index (χ0n) is 12.1. The number of hydrogen-bond acceptors (Lipinski definition) is 4. The lowest BCUT2D eigenvalue weighted by molar-refractivity contribution is -0.210. The molecule has 0 aliphatic heterocycles. The molecule has 0 N–H and O–H groups in total. The van der Waals surface area contributed by atoms with Crippen LogP contribution in [0.25, 0.3) is 0 Å². The molecule has 5 nitrogen and oxygen atoms in total. The molecule has 136 valence electrons. The predicted molar refractivity (Wildman–Crippen MR) is 73.3 cm³/mol. The summed E-state index contributed by atoms with van der Waals surface area (Å²) in [7, 11) is 0. The van der Waals surface area contributed by atoms with Crippen molar-refractivity contribution >= 4 is 11.6 Å². The Labute approximate surface area is 140 Å². The molecule has 0 spiro atoms. The van der Waals surface area contributed by atoms with Crippen molar-refractivity contribution in [1.29, 1.82) is 0 Å². The Morgan fingerprint density at radius 1 is 1.12 bits per heavy atom. The van der Waals surface area contributed by atoms with Crippen molar-refractivity contribution in [2.75, 3.05) is 0 Å². The second kappa shape index (κ2) is 6.01. The minimum Gasteiger partial charge on any atom is -0.298 e. The van der Waals surface area contributed by atoms with Crippen LogP contribution in [0.4, 0.5) is 22.0 Å². The van der Waals surface area contributed by atoms with Crippen LogP contribution in [0.15, 0.2) is 30.8 Å². The SMILES string of the molecule is O=c1on(C(c2ccc(F)c(Cl)c2F)C2CC(C(F)(F)F)C2)oc1=O. The maximum absolute atomic E-state index is 14.3. The number of benzene rings is 1. The smallest absolute Gasteiger partial charge is 0.298 e. The highest BCUT2D eigenvalue weighted by Gasteiger charge is 2.51. The van der Waals surface area contributed by atoms with Crippen molar-refractivity contribution < 1.29 is 31.0 Å². The number of halogens is 6. The lowest BCUT2D eigenvalue weighted by Crippen LogP contribution is -2.40. The Kier molecular flexibility index (Phi) is 4.26. The quantitative estimate of drug-likeness (QED) is 0.461. The van der Waals surface area contributed by atoms with Gasteiger partial charge in [0.15, 0.2) is 0 Å². The fourth-order valence-electron chi connectivity index (χ4n) is 2.87. The highest BCUT2D eigenvalue weighted by Crippen LogP contribution is 2.51. The van der Waals surface area contributed by atoms with E-state index in [0.29, 0.717) is 4.91 Å². The predicted octanol–water partition coefficient (Wildman–Crippen LogP) is 3.50. The minimum absolute atomic E-state index is 0.342. The van der Waals surface area contributed by atoms with Crippen LogP contribution in [-0.4, -0.2) is 11.1 Å². The molecule has 1 aliphatic rings. The molecule has 0 radical (unpaired) electrons. The Hall–Kier alpha value is -2.10. The maximum Gasteiger partial charge on any atom is 0.446 e. The van der Waals surface area contributed by atoms with E-state index >= 15 is 0 Å². The number of hydrogen-bond donors (Lipinski definition) is 0. The molecule has 1 aliphatic carbocycles. The molecule has 1 unspecified atom stereocenters. The van der Waals surface area contributed by atoms with Crippen molar-refractivity contribution in [3.05, 3.63) is 55.2 Å². The van der Waals surface area contributed by atoms with Gasteiger partial charge in [0.1, 0.15) is 22.7 Å². The van der Waals surface area contributed by atoms with Crippen molar-refractivity contribution in [3.63, 3.8) is 0 Å². The van der Waals surface area contributed by atoms with Crippen LogP contribution in [0, 0.1) is 23.5 Å². The standard InChI is InChI=1S/C14H9ClF5NO4/c15-9-8(16)2-1-7(10(9)17)11(21-24-12(22)13(23)25-21)5-3-6(4-5)14(18,19)20/h1-2,5-6,11H,3-4H2. The highest BCUT2D eigenvalue weighted by molar-refractivity contribution is 6.30. The average molecular weight is 386 g/mol. The van der Waals surface area contributed by atoms with Crippen LogP contribution in [-0.2, 0) is 0 Å². The van der Waals surface area contributed by atoms with Crippen LogP contribution in [0.3, 0.4) is 0 Å². The van der Waals surface area contributed by atoms with Gasteiger partial charge in [0.2, 0.25) is 0 Å². The molecule has 1 saturated carbocycles. The van der Waals surface area contributed by atoms with Gasteiger partial charge in [-0.15, -0.1) is 0 Å². The molecule has 0 saturated heterocycles. The number of aromatic nitrogens is 1. The Morgan fingerprint density at radius 3 is 2.20 bits per heavy atom. The number of nitrogens with zero attached hydrogens (tertiary/aromatic N) is 1. The van der Waals surface area contributed by atoms with Gasteiger partial charge in [-0.25, -0.2) is 18.4 Å². The van der Waals surface area contributed by atoms with E-state index in [2.05, 4.69) is 9.05 Å². The van der Waals surface area contributed by atoms with Crippen LogP contribution >= 0.6 is 11.6 Å². The second-order valence-electron chi connectivity index (χ2n) is 5.72. The van der Waals surface area contributed by atoms with Gasteiger partial charge in [0.05, 0.1) is 5.92 Å². The third kappa shape index (κ3) is 3.10.